The molecule has 0 aromatic heterocycles. The van der Waals surface area contributed by atoms with E-state index in [2.05, 4.69) is 36.4 Å². The number of fused-ring (bicyclic) bond motifs is 9. The predicted molar refractivity (Wildman–Crippen MR) is 171 cm³/mol. The Kier molecular flexibility index (Phi) is 6.01. The molecule has 0 aliphatic carbocycles. The van der Waals surface area contributed by atoms with Crippen molar-refractivity contribution in [3.8, 4) is 34.5 Å². The van der Waals surface area contributed by atoms with Crippen molar-refractivity contribution in [2.75, 3.05) is 42.7 Å². The fourth-order valence-electron chi connectivity index (χ4n) is 6.22. The van der Waals surface area contributed by atoms with Gasteiger partial charge in [-0.05, 0) is 137 Å². The molecule has 0 atom stereocenters. The second kappa shape index (κ2) is 9.77. The van der Waals surface area contributed by atoms with Gasteiger partial charge in [-0.2, -0.15) is 0 Å². The number of ether oxygens (including phenoxy) is 6. The van der Waals surface area contributed by atoms with E-state index in [1.807, 2.05) is 36.4 Å². The Morgan fingerprint density at radius 3 is 0.500 bits per heavy atom. The monoisotopic (exact) mass is 558 g/mol. The van der Waals surface area contributed by atoms with Crippen LogP contribution >= 0.6 is 0 Å². The molecule has 210 valence electrons. The third-order valence-corrected chi connectivity index (χ3v) is 8.31. The van der Waals surface area contributed by atoms with Gasteiger partial charge in [-0.25, -0.2) is 0 Å². The third-order valence-electron chi connectivity index (χ3n) is 8.31. The number of hydrogen-bond donors (Lipinski definition) is 0. The summed E-state index contributed by atoms with van der Waals surface area (Å²) in [6, 6.07) is 25.7. The molecule has 7 rings (SSSR count). The molecule has 0 radical (unpaired) electrons. The van der Waals surface area contributed by atoms with Crippen LogP contribution in [-0.4, -0.2) is 42.7 Å². The maximum Gasteiger partial charge on any atom is 0.161 e. The smallest absolute Gasteiger partial charge is 0.161 e. The van der Waals surface area contributed by atoms with Gasteiger partial charge >= 0.3 is 0 Å². The van der Waals surface area contributed by atoms with Crippen molar-refractivity contribution in [1.29, 1.82) is 0 Å². The molecule has 7 aromatic carbocycles. The van der Waals surface area contributed by atoms with Gasteiger partial charge in [0.15, 0.2) is 34.5 Å². The second-order valence-electron chi connectivity index (χ2n) is 10.4. The summed E-state index contributed by atoms with van der Waals surface area (Å²) in [5.74, 6) is 4.19. The lowest BCUT2D eigenvalue weighted by atomic mass is 9.89. The lowest BCUT2D eigenvalue weighted by molar-refractivity contribution is 0.356. The van der Waals surface area contributed by atoms with E-state index in [0.717, 1.165) is 64.6 Å². The molecule has 0 heterocycles. The van der Waals surface area contributed by atoms with Gasteiger partial charge in [0.05, 0.1) is 42.7 Å². The molecule has 0 unspecified atom stereocenters. The zero-order chi connectivity index (χ0) is 29.1. The molecule has 42 heavy (non-hydrogen) atoms. The minimum absolute atomic E-state index is 0.698. The zero-order valence-corrected chi connectivity index (χ0v) is 24.4. The fraction of sp³-hybridized carbons (Fsp3) is 0.167. The molecule has 6 nitrogen and oxygen atoms in total. The van der Waals surface area contributed by atoms with Crippen LogP contribution in [0.1, 0.15) is 0 Å². The van der Waals surface area contributed by atoms with Crippen LogP contribution < -0.4 is 28.4 Å². The van der Waals surface area contributed by atoms with Crippen molar-refractivity contribution in [2.45, 2.75) is 0 Å². The first-order valence-corrected chi connectivity index (χ1v) is 13.6. The van der Waals surface area contributed by atoms with Crippen LogP contribution in [0.25, 0.3) is 64.6 Å². The van der Waals surface area contributed by atoms with E-state index in [0.29, 0.717) is 34.5 Å². The molecular formula is C36H30O6. The highest BCUT2D eigenvalue weighted by molar-refractivity contribution is 6.30. The van der Waals surface area contributed by atoms with Crippen molar-refractivity contribution in [1.82, 2.24) is 0 Å². The molecule has 0 saturated heterocycles. The highest BCUT2D eigenvalue weighted by Crippen LogP contribution is 2.44. The van der Waals surface area contributed by atoms with Crippen LogP contribution in [0.15, 0.2) is 72.8 Å². The summed E-state index contributed by atoms with van der Waals surface area (Å²) in [6.07, 6.45) is 0. The van der Waals surface area contributed by atoms with Gasteiger partial charge in [0.2, 0.25) is 0 Å². The van der Waals surface area contributed by atoms with Gasteiger partial charge < -0.3 is 28.4 Å². The van der Waals surface area contributed by atoms with Gasteiger partial charge in [0, 0.05) is 0 Å². The van der Waals surface area contributed by atoms with Crippen LogP contribution in [0.5, 0.6) is 34.5 Å². The second-order valence-corrected chi connectivity index (χ2v) is 10.4. The number of rotatable bonds is 6. The highest BCUT2D eigenvalue weighted by atomic mass is 16.5. The molecule has 0 amide bonds. The van der Waals surface area contributed by atoms with Crippen molar-refractivity contribution in [3.63, 3.8) is 0 Å². The standard InChI is InChI=1S/C36H30O6/c1-37-31-13-19-7-25-26(8-20(19)14-32(31)38-2)28-10-22-16-34(40-4)36(42-6)18-24(22)12-30(28)29-11-23-17-35(41-5)33(39-3)15-21(23)9-27(25)29/h7-18H,1-6H3. The summed E-state index contributed by atoms with van der Waals surface area (Å²) in [4.78, 5) is 0. The predicted octanol–water partition coefficient (Wildman–Crippen LogP) is 8.66. The molecule has 0 aliphatic heterocycles. The Morgan fingerprint density at radius 2 is 0.381 bits per heavy atom. The van der Waals surface area contributed by atoms with Gasteiger partial charge in [-0.1, -0.05) is 0 Å². The van der Waals surface area contributed by atoms with E-state index in [-0.39, 0.29) is 0 Å². The van der Waals surface area contributed by atoms with Gasteiger partial charge in [-0.3, -0.25) is 0 Å². The first-order valence-electron chi connectivity index (χ1n) is 13.6. The van der Waals surface area contributed by atoms with Crippen molar-refractivity contribution < 1.29 is 28.4 Å². The van der Waals surface area contributed by atoms with E-state index in [4.69, 9.17) is 28.4 Å². The Labute approximate surface area is 242 Å². The summed E-state index contributed by atoms with van der Waals surface area (Å²) in [7, 11) is 9.98. The van der Waals surface area contributed by atoms with Crippen molar-refractivity contribution in [2.24, 2.45) is 0 Å². The van der Waals surface area contributed by atoms with E-state index < -0.39 is 0 Å². The largest absolute Gasteiger partial charge is 0.493 e. The lowest BCUT2D eigenvalue weighted by Crippen LogP contribution is -1.93. The number of hydrogen-bond acceptors (Lipinski definition) is 6. The lowest BCUT2D eigenvalue weighted by Gasteiger charge is -2.17. The van der Waals surface area contributed by atoms with Crippen molar-refractivity contribution in [3.05, 3.63) is 72.8 Å². The van der Waals surface area contributed by atoms with E-state index in [9.17, 15) is 0 Å². The fourth-order valence-corrected chi connectivity index (χ4v) is 6.22. The Morgan fingerprint density at radius 1 is 0.238 bits per heavy atom. The minimum atomic E-state index is 0.698. The summed E-state index contributed by atoms with van der Waals surface area (Å²) < 4.78 is 33.8. The molecule has 0 saturated carbocycles. The van der Waals surface area contributed by atoms with Gasteiger partial charge in [-0.15, -0.1) is 0 Å². The first kappa shape index (κ1) is 25.8. The average Bonchev–Trinajstić information content (AvgIpc) is 3.03. The minimum Gasteiger partial charge on any atom is -0.493 e. The maximum atomic E-state index is 5.64. The molecule has 0 bridgehead atoms. The summed E-state index contributed by atoms with van der Waals surface area (Å²) in [6.45, 7) is 0. The molecule has 0 spiro atoms. The molecule has 0 aliphatic rings. The zero-order valence-electron chi connectivity index (χ0n) is 24.4. The average molecular weight is 559 g/mol. The molecule has 6 heteroatoms. The number of methoxy groups -OCH3 is 6. The van der Waals surface area contributed by atoms with Crippen molar-refractivity contribution >= 4 is 64.6 Å². The van der Waals surface area contributed by atoms with Crippen LogP contribution in [0.3, 0.4) is 0 Å². The normalized spacial score (nSPS) is 11.6. The topological polar surface area (TPSA) is 55.4 Å². The van der Waals surface area contributed by atoms with E-state index in [1.165, 1.54) is 0 Å². The van der Waals surface area contributed by atoms with Crippen LogP contribution in [-0.2, 0) is 0 Å². The first-order chi connectivity index (χ1) is 20.5. The molecule has 0 fully saturated rings. The highest BCUT2D eigenvalue weighted by Gasteiger charge is 2.16. The van der Waals surface area contributed by atoms with Gasteiger partial charge in [0.1, 0.15) is 0 Å². The third kappa shape index (κ3) is 3.79. The number of benzene rings is 7. The maximum absolute atomic E-state index is 5.64. The van der Waals surface area contributed by atoms with Crippen LogP contribution in [0.4, 0.5) is 0 Å². The Hall–Kier alpha value is -5.10. The Balaban J connectivity index is 1.69. The SMILES string of the molecule is COc1cc2cc3c4cc5cc(OC)c(OC)cc5cc4c4cc5cc(OC)c(OC)cc5cc4c3cc2cc1OC. The van der Waals surface area contributed by atoms with Gasteiger partial charge in [0.25, 0.3) is 0 Å². The summed E-state index contributed by atoms with van der Waals surface area (Å²) in [5, 5.41) is 13.3. The summed E-state index contributed by atoms with van der Waals surface area (Å²) in [5.41, 5.74) is 0. The van der Waals surface area contributed by atoms with E-state index >= 15 is 0 Å². The van der Waals surface area contributed by atoms with Crippen LogP contribution in [0, 0.1) is 0 Å². The molecular weight excluding hydrogens is 528 g/mol. The summed E-state index contributed by atoms with van der Waals surface area (Å²) >= 11 is 0. The quantitative estimate of drug-likeness (QED) is 0.150. The molecule has 7 aromatic rings. The Bertz CT molecular complexity index is 1780. The van der Waals surface area contributed by atoms with E-state index in [1.54, 1.807) is 42.7 Å². The molecule has 0 N–H and O–H groups in total. The van der Waals surface area contributed by atoms with Crippen LogP contribution in [0.2, 0.25) is 0 Å².